The van der Waals surface area contributed by atoms with Crippen LogP contribution < -0.4 is 0 Å². The number of hydrogen-bond acceptors (Lipinski definition) is 3. The summed E-state index contributed by atoms with van der Waals surface area (Å²) >= 11 is 1.57. The number of rotatable bonds is 1. The van der Waals surface area contributed by atoms with E-state index in [1.54, 1.807) is 11.8 Å². The number of amidine groups is 1. The summed E-state index contributed by atoms with van der Waals surface area (Å²) in [6.07, 6.45) is 8.78. The van der Waals surface area contributed by atoms with E-state index < -0.39 is 0 Å². The molecule has 0 amide bonds. The van der Waals surface area contributed by atoms with E-state index in [0.29, 0.717) is 6.04 Å². The molecule has 0 aliphatic carbocycles. The second-order valence-corrected chi connectivity index (χ2v) is 4.22. The van der Waals surface area contributed by atoms with Crippen molar-refractivity contribution >= 4 is 16.9 Å². The number of nitrogens with zero attached hydrogens (tertiary/aromatic N) is 3. The number of nitriles is 1. The molecule has 1 saturated heterocycles. The molecular formula is C10H17N3S. The summed E-state index contributed by atoms with van der Waals surface area (Å²) < 4.78 is 0. The van der Waals surface area contributed by atoms with Gasteiger partial charge in [-0.2, -0.15) is 5.26 Å². The van der Waals surface area contributed by atoms with Crippen molar-refractivity contribution in [1.82, 2.24) is 4.90 Å². The summed E-state index contributed by atoms with van der Waals surface area (Å²) in [7, 11) is 0. The first-order valence-electron chi connectivity index (χ1n) is 5.10. The molecule has 0 aromatic heterocycles. The fraction of sp³-hybridized carbons (Fsp3) is 0.800. The number of aliphatic imine (C=N–C) groups is 1. The molecule has 1 rings (SSSR count). The van der Waals surface area contributed by atoms with Gasteiger partial charge in [0.2, 0.25) is 6.19 Å². The molecule has 3 nitrogen and oxygen atoms in total. The van der Waals surface area contributed by atoms with Gasteiger partial charge in [0.1, 0.15) is 0 Å². The second kappa shape index (κ2) is 5.92. The summed E-state index contributed by atoms with van der Waals surface area (Å²) in [5.41, 5.74) is 0. The van der Waals surface area contributed by atoms with Gasteiger partial charge in [0.25, 0.3) is 0 Å². The molecule has 0 radical (unpaired) electrons. The first kappa shape index (κ1) is 11.4. The smallest absolute Gasteiger partial charge is 0.208 e. The van der Waals surface area contributed by atoms with E-state index in [9.17, 15) is 0 Å². The van der Waals surface area contributed by atoms with Crippen LogP contribution in [0, 0.1) is 11.5 Å². The third-order valence-corrected chi connectivity index (χ3v) is 3.36. The lowest BCUT2D eigenvalue weighted by molar-refractivity contribution is 0.240. The SMILES string of the molecule is CCC1CCCCN1C(=NC#N)SC. The molecule has 1 unspecified atom stereocenters. The first-order chi connectivity index (χ1) is 6.83. The van der Waals surface area contributed by atoms with Crippen LogP contribution in [-0.2, 0) is 0 Å². The Morgan fingerprint density at radius 3 is 3.00 bits per heavy atom. The van der Waals surface area contributed by atoms with Crippen molar-refractivity contribution < 1.29 is 0 Å². The zero-order chi connectivity index (χ0) is 10.4. The average Bonchev–Trinajstić information content (AvgIpc) is 2.26. The van der Waals surface area contributed by atoms with E-state index in [4.69, 9.17) is 5.26 Å². The van der Waals surface area contributed by atoms with Gasteiger partial charge in [-0.1, -0.05) is 18.7 Å². The fourth-order valence-electron chi connectivity index (χ4n) is 1.95. The third-order valence-electron chi connectivity index (χ3n) is 2.67. The quantitative estimate of drug-likeness (QED) is 0.380. The maximum absolute atomic E-state index is 8.58. The zero-order valence-electron chi connectivity index (χ0n) is 8.86. The number of piperidine rings is 1. The number of likely N-dealkylation sites (tertiary alicyclic amines) is 1. The van der Waals surface area contributed by atoms with E-state index in [0.717, 1.165) is 18.1 Å². The lowest BCUT2D eigenvalue weighted by Crippen LogP contribution is -2.42. The van der Waals surface area contributed by atoms with Gasteiger partial charge in [-0.25, -0.2) is 0 Å². The van der Waals surface area contributed by atoms with Crippen LogP contribution in [0.1, 0.15) is 32.6 Å². The highest BCUT2D eigenvalue weighted by Gasteiger charge is 2.23. The molecule has 0 bridgehead atoms. The summed E-state index contributed by atoms with van der Waals surface area (Å²) in [5.74, 6) is 0. The summed E-state index contributed by atoms with van der Waals surface area (Å²) in [5, 5.41) is 9.47. The topological polar surface area (TPSA) is 39.4 Å². The van der Waals surface area contributed by atoms with Gasteiger partial charge in [0.05, 0.1) is 0 Å². The minimum atomic E-state index is 0.586. The molecule has 1 heterocycles. The van der Waals surface area contributed by atoms with Gasteiger partial charge in [-0.15, -0.1) is 4.99 Å². The lowest BCUT2D eigenvalue weighted by atomic mass is 10.0. The molecule has 4 heteroatoms. The average molecular weight is 211 g/mol. The molecule has 0 aromatic carbocycles. The Balaban J connectivity index is 2.71. The normalized spacial score (nSPS) is 23.4. The Labute approximate surface area is 90.2 Å². The summed E-state index contributed by atoms with van der Waals surface area (Å²) in [6, 6.07) is 0.586. The van der Waals surface area contributed by atoms with Crippen molar-refractivity contribution in [2.75, 3.05) is 12.8 Å². The van der Waals surface area contributed by atoms with Crippen molar-refractivity contribution in [2.45, 2.75) is 38.6 Å². The highest BCUT2D eigenvalue weighted by molar-refractivity contribution is 8.13. The van der Waals surface area contributed by atoms with Crippen molar-refractivity contribution in [1.29, 1.82) is 5.26 Å². The van der Waals surface area contributed by atoms with Crippen LogP contribution in [-0.4, -0.2) is 28.9 Å². The van der Waals surface area contributed by atoms with E-state index in [1.807, 2.05) is 12.4 Å². The molecule has 0 saturated carbocycles. The van der Waals surface area contributed by atoms with Crippen LogP contribution in [0.3, 0.4) is 0 Å². The predicted molar refractivity (Wildman–Crippen MR) is 61.2 cm³/mol. The van der Waals surface area contributed by atoms with Gasteiger partial charge in [-0.05, 0) is 31.9 Å². The monoisotopic (exact) mass is 211 g/mol. The zero-order valence-corrected chi connectivity index (χ0v) is 9.68. The number of thioether (sulfide) groups is 1. The van der Waals surface area contributed by atoms with E-state index >= 15 is 0 Å². The molecule has 1 aliphatic heterocycles. The summed E-state index contributed by atoms with van der Waals surface area (Å²) in [4.78, 5) is 6.16. The van der Waals surface area contributed by atoms with E-state index in [1.165, 1.54) is 19.3 Å². The molecule has 0 aromatic rings. The van der Waals surface area contributed by atoms with Gasteiger partial charge in [0, 0.05) is 12.6 Å². The maximum Gasteiger partial charge on any atom is 0.208 e. The van der Waals surface area contributed by atoms with Crippen molar-refractivity contribution in [2.24, 2.45) is 4.99 Å². The third kappa shape index (κ3) is 2.65. The first-order valence-corrected chi connectivity index (χ1v) is 6.33. The summed E-state index contributed by atoms with van der Waals surface area (Å²) in [6.45, 7) is 3.26. The Morgan fingerprint density at radius 2 is 2.43 bits per heavy atom. The van der Waals surface area contributed by atoms with Crippen LogP contribution >= 0.6 is 11.8 Å². The molecule has 14 heavy (non-hydrogen) atoms. The highest BCUT2D eigenvalue weighted by Crippen LogP contribution is 2.22. The molecular weight excluding hydrogens is 194 g/mol. The second-order valence-electron chi connectivity index (χ2n) is 3.45. The molecule has 1 atom stereocenters. The van der Waals surface area contributed by atoms with Gasteiger partial charge >= 0.3 is 0 Å². The molecule has 0 spiro atoms. The molecule has 78 valence electrons. The van der Waals surface area contributed by atoms with Gasteiger partial charge < -0.3 is 4.90 Å². The van der Waals surface area contributed by atoms with Gasteiger partial charge in [-0.3, -0.25) is 0 Å². The van der Waals surface area contributed by atoms with Crippen LogP contribution in [0.5, 0.6) is 0 Å². The Bertz CT molecular complexity index is 244. The number of hydrogen-bond donors (Lipinski definition) is 0. The highest BCUT2D eigenvalue weighted by atomic mass is 32.2. The van der Waals surface area contributed by atoms with E-state index in [2.05, 4.69) is 16.8 Å². The Morgan fingerprint density at radius 1 is 1.64 bits per heavy atom. The molecule has 0 N–H and O–H groups in total. The van der Waals surface area contributed by atoms with Crippen LogP contribution in [0.15, 0.2) is 4.99 Å². The fourth-order valence-corrected chi connectivity index (χ4v) is 2.55. The van der Waals surface area contributed by atoms with Gasteiger partial charge in [0.15, 0.2) is 5.17 Å². The lowest BCUT2D eigenvalue weighted by Gasteiger charge is -2.36. The molecule has 1 fully saturated rings. The predicted octanol–water partition coefficient (Wildman–Crippen LogP) is 2.45. The van der Waals surface area contributed by atoms with Crippen LogP contribution in [0.25, 0.3) is 0 Å². The largest absolute Gasteiger partial charge is 0.348 e. The minimum Gasteiger partial charge on any atom is -0.348 e. The van der Waals surface area contributed by atoms with Crippen molar-refractivity contribution in [3.05, 3.63) is 0 Å². The minimum absolute atomic E-state index is 0.586. The Kier molecular flexibility index (Phi) is 4.81. The van der Waals surface area contributed by atoms with Crippen molar-refractivity contribution in [3.63, 3.8) is 0 Å². The molecule has 1 aliphatic rings. The van der Waals surface area contributed by atoms with Crippen LogP contribution in [0.4, 0.5) is 0 Å². The Hall–Kier alpha value is -0.690. The maximum atomic E-state index is 8.58. The van der Waals surface area contributed by atoms with Crippen LogP contribution in [0.2, 0.25) is 0 Å². The van der Waals surface area contributed by atoms with E-state index in [-0.39, 0.29) is 0 Å². The standard InChI is InChI=1S/C10H17N3S/c1-3-9-6-4-5-7-13(9)10(14-2)12-8-11/h9H,3-7H2,1-2H3. The van der Waals surface area contributed by atoms with Crippen molar-refractivity contribution in [3.8, 4) is 6.19 Å².